The Morgan fingerprint density at radius 3 is 2.76 bits per heavy atom. The maximum absolute atomic E-state index is 12.2. The van der Waals surface area contributed by atoms with E-state index in [2.05, 4.69) is 45.6 Å². The number of rotatable bonds is 9. The van der Waals surface area contributed by atoms with Crippen LogP contribution in [0.1, 0.15) is 46.8 Å². The van der Waals surface area contributed by atoms with Crippen molar-refractivity contribution in [3.05, 3.63) is 107 Å². The van der Waals surface area contributed by atoms with Crippen LogP contribution in [0.2, 0.25) is 0 Å². The molecular weight excluding hydrogens is 462 g/mol. The van der Waals surface area contributed by atoms with Crippen molar-refractivity contribution in [2.24, 2.45) is 0 Å². The third kappa shape index (κ3) is 6.24. The SMILES string of the molecule is O=C(O)N1Cc2ccccc2CC1CN(C/C=C/CNCc1cccnc1)C1CCCc2cccnc21. The minimum atomic E-state index is -0.850. The average molecular weight is 498 g/mol. The fourth-order valence-corrected chi connectivity index (χ4v) is 5.61. The number of fused-ring (bicyclic) bond motifs is 2. The van der Waals surface area contributed by atoms with Crippen molar-refractivity contribution in [3.8, 4) is 0 Å². The number of nitrogens with one attached hydrogen (secondary N) is 1. The molecule has 3 aromatic rings. The summed E-state index contributed by atoms with van der Waals surface area (Å²) in [5, 5.41) is 13.5. The Labute approximate surface area is 218 Å². The Morgan fingerprint density at radius 2 is 1.92 bits per heavy atom. The molecule has 2 atom stereocenters. The van der Waals surface area contributed by atoms with Crippen LogP contribution in [0.25, 0.3) is 0 Å². The zero-order valence-electron chi connectivity index (χ0n) is 21.2. The Morgan fingerprint density at radius 1 is 1.08 bits per heavy atom. The first kappa shape index (κ1) is 25.1. The molecular formula is C30H35N5O2. The van der Waals surface area contributed by atoms with E-state index in [-0.39, 0.29) is 12.1 Å². The maximum Gasteiger partial charge on any atom is 0.407 e. The molecule has 1 amide bonds. The number of nitrogens with zero attached hydrogens (tertiary/aromatic N) is 4. The summed E-state index contributed by atoms with van der Waals surface area (Å²) in [4.78, 5) is 25.3. The minimum Gasteiger partial charge on any atom is -0.465 e. The standard InChI is InChI=1S/C30H35N5O2/c36-30(37)35-21-26-10-2-1-9-25(26)18-27(35)22-34(28-13-5-11-24-12-7-16-33-29(24)28)17-4-3-14-31-19-23-8-6-15-32-20-23/h1-4,6-10,12,15-16,20,27-28,31H,5,11,13-14,17-19,21-22H2,(H,36,37)/b4-3+. The molecule has 7 heteroatoms. The lowest BCUT2D eigenvalue weighted by atomic mass is 9.89. The predicted molar refractivity (Wildman–Crippen MR) is 144 cm³/mol. The molecule has 0 saturated heterocycles. The third-order valence-corrected chi connectivity index (χ3v) is 7.47. The van der Waals surface area contributed by atoms with Crippen molar-refractivity contribution < 1.29 is 9.90 Å². The highest BCUT2D eigenvalue weighted by atomic mass is 16.4. The van der Waals surface area contributed by atoms with Gasteiger partial charge >= 0.3 is 6.09 Å². The van der Waals surface area contributed by atoms with Crippen LogP contribution < -0.4 is 5.32 Å². The molecule has 192 valence electrons. The van der Waals surface area contributed by atoms with Gasteiger partial charge in [0.25, 0.3) is 0 Å². The van der Waals surface area contributed by atoms with Gasteiger partial charge in [-0.05, 0) is 60.1 Å². The summed E-state index contributed by atoms with van der Waals surface area (Å²) in [6.07, 6.45) is 13.0. The van der Waals surface area contributed by atoms with Gasteiger partial charge in [-0.1, -0.05) is 48.6 Å². The molecule has 2 unspecified atom stereocenters. The molecule has 2 N–H and O–H groups in total. The van der Waals surface area contributed by atoms with E-state index in [1.165, 1.54) is 11.1 Å². The number of hydrogen-bond donors (Lipinski definition) is 2. The first-order valence-corrected chi connectivity index (χ1v) is 13.2. The first-order chi connectivity index (χ1) is 18.2. The molecule has 5 rings (SSSR count). The number of pyridine rings is 2. The van der Waals surface area contributed by atoms with Crippen molar-refractivity contribution in [1.29, 1.82) is 0 Å². The lowest BCUT2D eigenvalue weighted by Crippen LogP contribution is -2.50. The van der Waals surface area contributed by atoms with Gasteiger partial charge in [-0.15, -0.1) is 0 Å². The van der Waals surface area contributed by atoms with Crippen molar-refractivity contribution in [2.45, 2.75) is 50.9 Å². The second-order valence-electron chi connectivity index (χ2n) is 9.91. The fourth-order valence-electron chi connectivity index (χ4n) is 5.61. The Bertz CT molecular complexity index is 1220. The van der Waals surface area contributed by atoms with Gasteiger partial charge in [-0.25, -0.2) is 4.79 Å². The van der Waals surface area contributed by atoms with Gasteiger partial charge in [0.1, 0.15) is 0 Å². The molecule has 1 aliphatic carbocycles. The number of benzene rings is 1. The number of hydrogen-bond acceptors (Lipinski definition) is 5. The van der Waals surface area contributed by atoms with Gasteiger partial charge in [0.15, 0.2) is 0 Å². The largest absolute Gasteiger partial charge is 0.465 e. The highest BCUT2D eigenvalue weighted by molar-refractivity contribution is 5.66. The van der Waals surface area contributed by atoms with Gasteiger partial charge in [0.05, 0.1) is 17.8 Å². The molecule has 2 aromatic heterocycles. The molecule has 0 fully saturated rings. The van der Waals surface area contributed by atoms with Crippen molar-refractivity contribution >= 4 is 6.09 Å². The van der Waals surface area contributed by atoms with Crippen LogP contribution in [-0.2, 0) is 25.9 Å². The molecule has 1 aliphatic heterocycles. The van der Waals surface area contributed by atoms with Crippen molar-refractivity contribution in [3.63, 3.8) is 0 Å². The van der Waals surface area contributed by atoms with E-state index in [0.29, 0.717) is 13.1 Å². The van der Waals surface area contributed by atoms with Crippen molar-refractivity contribution in [2.75, 3.05) is 19.6 Å². The molecule has 0 spiro atoms. The predicted octanol–water partition coefficient (Wildman–Crippen LogP) is 4.61. The smallest absolute Gasteiger partial charge is 0.407 e. The Kier molecular flexibility index (Phi) is 8.23. The normalized spacial score (nSPS) is 19.1. The van der Waals surface area contributed by atoms with Crippen LogP contribution in [0.15, 0.2) is 79.3 Å². The summed E-state index contributed by atoms with van der Waals surface area (Å²) >= 11 is 0. The highest BCUT2D eigenvalue weighted by Crippen LogP contribution is 2.34. The second kappa shape index (κ2) is 12.1. The van der Waals surface area contributed by atoms with Crippen LogP contribution in [-0.4, -0.2) is 56.6 Å². The summed E-state index contributed by atoms with van der Waals surface area (Å²) < 4.78 is 0. The van der Waals surface area contributed by atoms with Gasteiger partial charge in [-0.3, -0.25) is 19.8 Å². The van der Waals surface area contributed by atoms with Crippen LogP contribution in [0.4, 0.5) is 4.79 Å². The number of aromatic nitrogens is 2. The minimum absolute atomic E-state index is 0.0985. The van der Waals surface area contributed by atoms with Crippen LogP contribution >= 0.6 is 0 Å². The quantitative estimate of drug-likeness (QED) is 0.332. The lowest BCUT2D eigenvalue weighted by Gasteiger charge is -2.41. The molecule has 0 radical (unpaired) electrons. The third-order valence-electron chi connectivity index (χ3n) is 7.47. The van der Waals surface area contributed by atoms with E-state index in [9.17, 15) is 9.90 Å². The zero-order chi connectivity index (χ0) is 25.5. The zero-order valence-corrected chi connectivity index (χ0v) is 21.2. The van der Waals surface area contributed by atoms with E-state index in [1.807, 2.05) is 42.7 Å². The number of aryl methyl sites for hydroxylation is 1. The average Bonchev–Trinajstić information content (AvgIpc) is 2.94. The van der Waals surface area contributed by atoms with Gasteiger partial charge in [0.2, 0.25) is 0 Å². The molecule has 3 heterocycles. The summed E-state index contributed by atoms with van der Waals surface area (Å²) in [6, 6.07) is 16.5. The van der Waals surface area contributed by atoms with E-state index in [0.717, 1.165) is 62.1 Å². The highest BCUT2D eigenvalue weighted by Gasteiger charge is 2.34. The monoisotopic (exact) mass is 497 g/mol. The maximum atomic E-state index is 12.2. The summed E-state index contributed by atoms with van der Waals surface area (Å²) in [5.41, 5.74) is 5.98. The van der Waals surface area contributed by atoms with Gasteiger partial charge in [0, 0.05) is 51.3 Å². The van der Waals surface area contributed by atoms with Gasteiger partial charge in [-0.2, -0.15) is 0 Å². The molecule has 7 nitrogen and oxygen atoms in total. The van der Waals surface area contributed by atoms with Crippen molar-refractivity contribution in [1.82, 2.24) is 25.1 Å². The molecule has 0 saturated carbocycles. The molecule has 1 aromatic carbocycles. The topological polar surface area (TPSA) is 81.6 Å². The van der Waals surface area contributed by atoms with E-state index in [1.54, 1.807) is 11.1 Å². The van der Waals surface area contributed by atoms with Crippen LogP contribution in [0.3, 0.4) is 0 Å². The first-order valence-electron chi connectivity index (χ1n) is 13.2. The van der Waals surface area contributed by atoms with Crippen LogP contribution in [0, 0.1) is 0 Å². The van der Waals surface area contributed by atoms with Crippen LogP contribution in [0.5, 0.6) is 0 Å². The fraction of sp³-hybridized carbons (Fsp3) is 0.367. The molecule has 2 aliphatic rings. The second-order valence-corrected chi connectivity index (χ2v) is 9.91. The summed E-state index contributed by atoms with van der Waals surface area (Å²) in [7, 11) is 0. The number of amides is 1. The molecule has 0 bridgehead atoms. The van der Waals surface area contributed by atoms with E-state index >= 15 is 0 Å². The Hall–Kier alpha value is -3.55. The molecule has 37 heavy (non-hydrogen) atoms. The van der Waals surface area contributed by atoms with E-state index in [4.69, 9.17) is 4.98 Å². The van der Waals surface area contributed by atoms with Gasteiger partial charge < -0.3 is 10.4 Å². The summed E-state index contributed by atoms with van der Waals surface area (Å²) in [6.45, 7) is 3.41. The summed E-state index contributed by atoms with van der Waals surface area (Å²) in [5.74, 6) is 0. The Balaban J connectivity index is 1.31. The number of carboxylic acid groups (broad SMARTS) is 1. The van der Waals surface area contributed by atoms with E-state index < -0.39 is 6.09 Å². The number of carbonyl (C=O) groups is 1. The lowest BCUT2D eigenvalue weighted by molar-refractivity contribution is 0.0837.